The minimum absolute atomic E-state index is 0.101. The van der Waals surface area contributed by atoms with Crippen LogP contribution in [0.25, 0.3) is 10.9 Å². The fourth-order valence-electron chi connectivity index (χ4n) is 2.77. The predicted octanol–water partition coefficient (Wildman–Crippen LogP) is 4.57. The quantitative estimate of drug-likeness (QED) is 0.660. The predicted molar refractivity (Wildman–Crippen MR) is 93.2 cm³/mol. The molecule has 146 valence electrons. The van der Waals surface area contributed by atoms with Crippen molar-refractivity contribution in [1.29, 1.82) is 0 Å². The van der Waals surface area contributed by atoms with Crippen molar-refractivity contribution in [3.63, 3.8) is 0 Å². The molecular weight excluding hydrogens is 383 g/mol. The lowest BCUT2D eigenvalue weighted by molar-refractivity contribution is -0.137. The summed E-state index contributed by atoms with van der Waals surface area (Å²) in [6, 6.07) is 5.34. The average Bonchev–Trinajstić information content (AvgIpc) is 2.64. The zero-order valence-corrected chi connectivity index (χ0v) is 14.4. The van der Waals surface area contributed by atoms with Gasteiger partial charge in [0.15, 0.2) is 11.6 Å². The van der Waals surface area contributed by atoms with E-state index in [9.17, 15) is 31.5 Å². The number of aromatic nitrogens is 1. The summed E-state index contributed by atoms with van der Waals surface area (Å²) in [5, 5.41) is 1.98. The van der Waals surface area contributed by atoms with Gasteiger partial charge in [-0.3, -0.25) is 9.59 Å². The van der Waals surface area contributed by atoms with E-state index in [1.807, 2.05) is 0 Å². The number of anilines is 1. The number of alkyl halides is 3. The number of pyridine rings is 1. The molecule has 0 aliphatic carbocycles. The van der Waals surface area contributed by atoms with Crippen LogP contribution in [0.1, 0.15) is 22.8 Å². The van der Waals surface area contributed by atoms with Crippen LogP contribution in [-0.4, -0.2) is 10.5 Å². The number of rotatable bonds is 3. The molecule has 0 radical (unpaired) electrons. The number of aryl methyl sites for hydroxylation is 1. The van der Waals surface area contributed by atoms with Crippen LogP contribution in [0, 0.1) is 11.6 Å². The Bertz CT molecular complexity index is 1140. The molecule has 3 aromatic rings. The van der Waals surface area contributed by atoms with Crippen molar-refractivity contribution < 1.29 is 26.7 Å². The Labute approximate surface area is 155 Å². The molecule has 0 aliphatic rings. The lowest BCUT2D eigenvalue weighted by Gasteiger charge is -2.14. The van der Waals surface area contributed by atoms with Crippen LogP contribution in [0.2, 0.25) is 0 Å². The first kappa shape index (κ1) is 19.5. The fraction of sp³-hybridized carbons (Fsp3) is 0.158. The van der Waals surface area contributed by atoms with Gasteiger partial charge in [-0.15, -0.1) is 0 Å². The average molecular weight is 396 g/mol. The zero-order valence-electron chi connectivity index (χ0n) is 14.4. The van der Waals surface area contributed by atoms with Gasteiger partial charge in [-0.2, -0.15) is 13.2 Å². The van der Waals surface area contributed by atoms with E-state index >= 15 is 0 Å². The molecule has 3 rings (SSSR count). The molecule has 0 unspecified atom stereocenters. The maximum Gasteiger partial charge on any atom is 0.416 e. The minimum atomic E-state index is -4.65. The van der Waals surface area contributed by atoms with Crippen LogP contribution in [0.15, 0.2) is 47.4 Å². The Morgan fingerprint density at radius 3 is 2.39 bits per heavy atom. The van der Waals surface area contributed by atoms with Gasteiger partial charge in [0.2, 0.25) is 5.43 Å². The number of benzene rings is 2. The number of halogens is 5. The van der Waals surface area contributed by atoms with Crippen LogP contribution >= 0.6 is 0 Å². The maximum atomic E-state index is 13.3. The van der Waals surface area contributed by atoms with E-state index in [2.05, 4.69) is 5.32 Å². The highest BCUT2D eigenvalue weighted by Crippen LogP contribution is 2.30. The summed E-state index contributed by atoms with van der Waals surface area (Å²) in [6.45, 7) is 1.98. The van der Waals surface area contributed by atoms with Gasteiger partial charge in [0.25, 0.3) is 5.91 Å². The van der Waals surface area contributed by atoms with Crippen molar-refractivity contribution in [2.75, 3.05) is 5.32 Å². The van der Waals surface area contributed by atoms with Gasteiger partial charge >= 0.3 is 6.18 Å². The molecule has 4 nitrogen and oxygen atoms in total. The van der Waals surface area contributed by atoms with Crippen LogP contribution in [-0.2, 0) is 12.7 Å². The van der Waals surface area contributed by atoms with Gasteiger partial charge in [0, 0.05) is 29.9 Å². The SMILES string of the molecule is CCn1cc(C(=O)Nc2ccc(F)c(F)c2)c(=O)c2cc(C(F)(F)F)ccc21. The highest BCUT2D eigenvalue weighted by atomic mass is 19.4. The molecule has 0 aliphatic heterocycles. The summed E-state index contributed by atoms with van der Waals surface area (Å²) < 4.78 is 66.7. The van der Waals surface area contributed by atoms with Gasteiger partial charge in [-0.25, -0.2) is 8.78 Å². The largest absolute Gasteiger partial charge is 0.416 e. The van der Waals surface area contributed by atoms with E-state index in [0.29, 0.717) is 6.07 Å². The molecule has 0 saturated heterocycles. The molecule has 2 aromatic carbocycles. The highest BCUT2D eigenvalue weighted by Gasteiger charge is 2.31. The minimum Gasteiger partial charge on any atom is -0.347 e. The molecule has 0 atom stereocenters. The standard InChI is InChI=1S/C19H13F5N2O2/c1-2-26-9-13(18(28)25-11-4-5-14(20)15(21)8-11)17(27)12-7-10(19(22,23)24)3-6-16(12)26/h3-9H,2H2,1H3,(H,25,28). The third-order valence-corrected chi connectivity index (χ3v) is 4.17. The summed E-state index contributed by atoms with van der Waals surface area (Å²) >= 11 is 0. The van der Waals surface area contributed by atoms with Crippen molar-refractivity contribution in [3.05, 3.63) is 75.6 Å². The maximum absolute atomic E-state index is 13.3. The van der Waals surface area contributed by atoms with E-state index in [1.54, 1.807) is 6.92 Å². The first-order valence-electron chi connectivity index (χ1n) is 8.12. The summed E-state index contributed by atoms with van der Waals surface area (Å²) in [7, 11) is 0. The van der Waals surface area contributed by atoms with E-state index in [4.69, 9.17) is 0 Å². The Hall–Kier alpha value is -3.23. The third kappa shape index (κ3) is 3.60. The molecule has 28 heavy (non-hydrogen) atoms. The van der Waals surface area contributed by atoms with E-state index in [0.717, 1.165) is 24.3 Å². The van der Waals surface area contributed by atoms with Gasteiger partial charge in [-0.1, -0.05) is 0 Å². The molecule has 1 N–H and O–H groups in total. The molecular formula is C19H13F5N2O2. The van der Waals surface area contributed by atoms with Gasteiger partial charge in [-0.05, 0) is 37.3 Å². The van der Waals surface area contributed by atoms with Gasteiger partial charge in [0.1, 0.15) is 5.56 Å². The number of carbonyl (C=O) groups is 1. The van der Waals surface area contributed by atoms with E-state index < -0.39 is 40.3 Å². The number of nitrogens with one attached hydrogen (secondary N) is 1. The Morgan fingerprint density at radius 1 is 1.07 bits per heavy atom. The molecule has 1 aromatic heterocycles. The van der Waals surface area contributed by atoms with Crippen molar-refractivity contribution in [2.45, 2.75) is 19.6 Å². The van der Waals surface area contributed by atoms with Crippen molar-refractivity contribution in [2.24, 2.45) is 0 Å². The summed E-state index contributed by atoms with van der Waals surface area (Å²) in [4.78, 5) is 25.1. The lowest BCUT2D eigenvalue weighted by atomic mass is 10.1. The van der Waals surface area contributed by atoms with Crippen LogP contribution in [0.3, 0.4) is 0 Å². The van der Waals surface area contributed by atoms with Gasteiger partial charge < -0.3 is 9.88 Å². The first-order chi connectivity index (χ1) is 13.1. The number of nitrogens with zero attached hydrogens (tertiary/aromatic N) is 1. The second-order valence-electron chi connectivity index (χ2n) is 5.97. The normalized spacial score (nSPS) is 11.6. The lowest BCUT2D eigenvalue weighted by Crippen LogP contribution is -2.24. The third-order valence-electron chi connectivity index (χ3n) is 4.17. The smallest absolute Gasteiger partial charge is 0.347 e. The van der Waals surface area contributed by atoms with Crippen LogP contribution in [0.4, 0.5) is 27.6 Å². The van der Waals surface area contributed by atoms with Crippen molar-refractivity contribution >= 4 is 22.5 Å². The number of carbonyl (C=O) groups excluding carboxylic acids is 1. The molecule has 0 spiro atoms. The van der Waals surface area contributed by atoms with Crippen LogP contribution in [0.5, 0.6) is 0 Å². The second-order valence-corrected chi connectivity index (χ2v) is 5.97. The summed E-state index contributed by atoms with van der Waals surface area (Å²) in [5.74, 6) is -3.26. The molecule has 1 heterocycles. The Balaban J connectivity index is 2.11. The van der Waals surface area contributed by atoms with E-state index in [1.165, 1.54) is 16.8 Å². The second kappa shape index (κ2) is 7.06. The summed E-state index contributed by atoms with van der Waals surface area (Å²) in [5.41, 5.74) is -2.19. The van der Waals surface area contributed by atoms with Crippen LogP contribution < -0.4 is 10.7 Å². The first-order valence-corrected chi connectivity index (χ1v) is 8.12. The van der Waals surface area contributed by atoms with E-state index in [-0.39, 0.29) is 23.1 Å². The fourth-order valence-corrected chi connectivity index (χ4v) is 2.77. The zero-order chi connectivity index (χ0) is 20.6. The van der Waals surface area contributed by atoms with Gasteiger partial charge in [0.05, 0.1) is 11.1 Å². The number of hydrogen-bond donors (Lipinski definition) is 1. The Morgan fingerprint density at radius 2 is 1.79 bits per heavy atom. The molecule has 0 fully saturated rings. The molecule has 1 amide bonds. The number of hydrogen-bond acceptors (Lipinski definition) is 2. The molecule has 0 saturated carbocycles. The highest BCUT2D eigenvalue weighted by molar-refractivity contribution is 6.05. The molecule has 0 bridgehead atoms. The monoisotopic (exact) mass is 396 g/mol. The van der Waals surface area contributed by atoms with Crippen molar-refractivity contribution in [1.82, 2.24) is 4.57 Å². The number of fused-ring (bicyclic) bond motifs is 1. The van der Waals surface area contributed by atoms with Crippen molar-refractivity contribution in [3.8, 4) is 0 Å². The summed E-state index contributed by atoms with van der Waals surface area (Å²) in [6.07, 6.45) is -3.44. The Kier molecular flexibility index (Phi) is 4.93. The molecule has 9 heteroatoms. The number of amides is 1. The topological polar surface area (TPSA) is 51.1 Å².